The van der Waals surface area contributed by atoms with Crippen LogP contribution in [0.2, 0.25) is 10.0 Å². The highest BCUT2D eigenvalue weighted by molar-refractivity contribution is 6.35. The molecule has 0 amide bonds. The molecule has 0 spiro atoms. The first-order chi connectivity index (χ1) is 8.60. The zero-order valence-electron chi connectivity index (χ0n) is 10.3. The molecule has 1 N–H and O–H groups in total. The maximum atomic E-state index is 5.98. The number of hydrogen-bond donors (Lipinski definition) is 1. The normalized spacial score (nSPS) is 12.7. The van der Waals surface area contributed by atoms with Gasteiger partial charge in [0.05, 0.1) is 6.04 Å². The Hall–Kier alpha value is -0.960. The molecule has 0 saturated heterocycles. The van der Waals surface area contributed by atoms with E-state index in [0.29, 0.717) is 10.0 Å². The van der Waals surface area contributed by atoms with Crippen LogP contribution in [0.15, 0.2) is 34.7 Å². The van der Waals surface area contributed by atoms with Crippen molar-refractivity contribution in [3.05, 3.63) is 46.1 Å². The van der Waals surface area contributed by atoms with E-state index >= 15 is 0 Å². The van der Waals surface area contributed by atoms with Gasteiger partial charge >= 0.3 is 0 Å². The number of nitrogens with one attached hydrogen (secondary N) is 1. The van der Waals surface area contributed by atoms with Crippen molar-refractivity contribution in [3.8, 4) is 11.3 Å². The number of rotatable bonds is 4. The highest BCUT2D eigenvalue weighted by Gasteiger charge is 2.11. The van der Waals surface area contributed by atoms with E-state index in [1.807, 2.05) is 24.3 Å². The van der Waals surface area contributed by atoms with Crippen LogP contribution in [-0.4, -0.2) is 6.54 Å². The lowest BCUT2D eigenvalue weighted by molar-refractivity contribution is 0.445. The molecule has 2 rings (SSSR count). The molecule has 2 nitrogen and oxygen atoms in total. The largest absolute Gasteiger partial charge is 0.459 e. The van der Waals surface area contributed by atoms with Gasteiger partial charge in [0.2, 0.25) is 0 Å². The van der Waals surface area contributed by atoms with Crippen LogP contribution in [0.4, 0.5) is 0 Å². The molecule has 1 unspecified atom stereocenters. The standard InChI is InChI=1S/C14H15Cl2NO/c1-3-17-9(2)13-4-5-14(18-13)10-6-11(15)8-12(16)7-10/h4-9,17H,3H2,1-2H3. The van der Waals surface area contributed by atoms with E-state index in [0.717, 1.165) is 23.6 Å². The molecule has 0 aliphatic heterocycles. The fourth-order valence-electron chi connectivity index (χ4n) is 1.84. The van der Waals surface area contributed by atoms with E-state index in [9.17, 15) is 0 Å². The minimum absolute atomic E-state index is 0.193. The van der Waals surface area contributed by atoms with Gasteiger partial charge in [-0.05, 0) is 43.8 Å². The van der Waals surface area contributed by atoms with Crippen molar-refractivity contribution in [2.24, 2.45) is 0 Å². The van der Waals surface area contributed by atoms with Gasteiger partial charge in [-0.3, -0.25) is 0 Å². The van der Waals surface area contributed by atoms with Gasteiger partial charge in [-0.25, -0.2) is 0 Å². The molecule has 0 aliphatic carbocycles. The molecule has 1 aromatic carbocycles. The van der Waals surface area contributed by atoms with Gasteiger partial charge in [-0.2, -0.15) is 0 Å². The molecule has 0 saturated carbocycles. The molecule has 1 atom stereocenters. The second kappa shape index (κ2) is 5.79. The van der Waals surface area contributed by atoms with Gasteiger partial charge < -0.3 is 9.73 Å². The topological polar surface area (TPSA) is 25.2 Å². The Morgan fingerprint density at radius 1 is 1.17 bits per heavy atom. The smallest absolute Gasteiger partial charge is 0.134 e. The maximum Gasteiger partial charge on any atom is 0.134 e. The predicted molar refractivity (Wildman–Crippen MR) is 76.3 cm³/mol. The average molecular weight is 284 g/mol. The Labute approximate surface area is 117 Å². The summed E-state index contributed by atoms with van der Waals surface area (Å²) in [5.41, 5.74) is 0.891. The van der Waals surface area contributed by atoms with Crippen molar-refractivity contribution in [1.82, 2.24) is 5.32 Å². The Kier molecular flexibility index (Phi) is 4.33. The molecule has 0 bridgehead atoms. The third-order valence-electron chi connectivity index (χ3n) is 2.71. The summed E-state index contributed by atoms with van der Waals surface area (Å²) >= 11 is 12.0. The number of furan rings is 1. The van der Waals surface area contributed by atoms with Crippen LogP contribution >= 0.6 is 23.2 Å². The summed E-state index contributed by atoms with van der Waals surface area (Å²) in [6, 6.07) is 9.49. The molecule has 1 aromatic heterocycles. The minimum atomic E-state index is 0.193. The van der Waals surface area contributed by atoms with Gasteiger partial charge in [0.15, 0.2) is 0 Å². The number of benzene rings is 1. The van der Waals surface area contributed by atoms with Crippen molar-refractivity contribution in [2.45, 2.75) is 19.9 Å². The number of halogens is 2. The third-order valence-corrected chi connectivity index (χ3v) is 3.15. The predicted octanol–water partition coefficient (Wildman–Crippen LogP) is 4.92. The van der Waals surface area contributed by atoms with Crippen LogP contribution in [-0.2, 0) is 0 Å². The second-order valence-electron chi connectivity index (χ2n) is 4.14. The lowest BCUT2D eigenvalue weighted by atomic mass is 10.2. The van der Waals surface area contributed by atoms with Gasteiger partial charge in [-0.15, -0.1) is 0 Å². The average Bonchev–Trinajstić information content (AvgIpc) is 2.77. The van der Waals surface area contributed by atoms with E-state index in [2.05, 4.69) is 19.2 Å². The molecule has 96 valence electrons. The number of hydrogen-bond acceptors (Lipinski definition) is 2. The summed E-state index contributed by atoms with van der Waals surface area (Å²) in [6.07, 6.45) is 0. The van der Waals surface area contributed by atoms with Crippen LogP contribution in [0.3, 0.4) is 0 Å². The fraction of sp³-hybridized carbons (Fsp3) is 0.286. The monoisotopic (exact) mass is 283 g/mol. The Bertz CT molecular complexity index is 516. The molecule has 0 fully saturated rings. The van der Waals surface area contributed by atoms with E-state index in [1.54, 1.807) is 6.07 Å². The minimum Gasteiger partial charge on any atom is -0.459 e. The lowest BCUT2D eigenvalue weighted by Crippen LogP contribution is -2.16. The van der Waals surface area contributed by atoms with Crippen molar-refractivity contribution >= 4 is 23.2 Å². The first kappa shape index (κ1) is 13.5. The second-order valence-corrected chi connectivity index (χ2v) is 5.01. The quantitative estimate of drug-likeness (QED) is 0.861. The van der Waals surface area contributed by atoms with Crippen LogP contribution < -0.4 is 5.32 Å². The molecule has 18 heavy (non-hydrogen) atoms. The van der Waals surface area contributed by atoms with Crippen molar-refractivity contribution < 1.29 is 4.42 Å². The van der Waals surface area contributed by atoms with Gasteiger partial charge in [-0.1, -0.05) is 30.1 Å². The molecule has 0 radical (unpaired) electrons. The van der Waals surface area contributed by atoms with Gasteiger partial charge in [0, 0.05) is 15.6 Å². The fourth-order valence-corrected chi connectivity index (χ4v) is 2.37. The van der Waals surface area contributed by atoms with E-state index in [1.165, 1.54) is 0 Å². The van der Waals surface area contributed by atoms with E-state index < -0.39 is 0 Å². The first-order valence-corrected chi connectivity index (χ1v) is 6.65. The van der Waals surface area contributed by atoms with Crippen molar-refractivity contribution in [2.75, 3.05) is 6.54 Å². The zero-order valence-corrected chi connectivity index (χ0v) is 11.8. The van der Waals surface area contributed by atoms with Crippen LogP contribution in [0.1, 0.15) is 25.6 Å². The Morgan fingerprint density at radius 3 is 2.44 bits per heavy atom. The third kappa shape index (κ3) is 3.08. The van der Waals surface area contributed by atoms with E-state index in [-0.39, 0.29) is 6.04 Å². The van der Waals surface area contributed by atoms with Gasteiger partial charge in [0.1, 0.15) is 11.5 Å². The lowest BCUT2D eigenvalue weighted by Gasteiger charge is -2.08. The molecule has 0 aliphatic rings. The van der Waals surface area contributed by atoms with Crippen LogP contribution in [0.25, 0.3) is 11.3 Å². The van der Waals surface area contributed by atoms with E-state index in [4.69, 9.17) is 27.6 Å². The Morgan fingerprint density at radius 2 is 1.83 bits per heavy atom. The summed E-state index contributed by atoms with van der Waals surface area (Å²) in [5, 5.41) is 4.52. The Balaban J connectivity index is 2.29. The summed E-state index contributed by atoms with van der Waals surface area (Å²) in [5.74, 6) is 1.68. The molecule has 1 heterocycles. The van der Waals surface area contributed by atoms with Crippen molar-refractivity contribution in [1.29, 1.82) is 0 Å². The maximum absolute atomic E-state index is 5.98. The SMILES string of the molecule is CCNC(C)c1ccc(-c2cc(Cl)cc(Cl)c2)o1. The molecular weight excluding hydrogens is 269 g/mol. The molecule has 4 heteroatoms. The molecular formula is C14H15Cl2NO. The van der Waals surface area contributed by atoms with Gasteiger partial charge in [0.25, 0.3) is 0 Å². The zero-order chi connectivity index (χ0) is 13.1. The van der Waals surface area contributed by atoms with Crippen molar-refractivity contribution in [3.63, 3.8) is 0 Å². The first-order valence-electron chi connectivity index (χ1n) is 5.89. The van der Waals surface area contributed by atoms with Crippen LogP contribution in [0, 0.1) is 0 Å². The van der Waals surface area contributed by atoms with Crippen LogP contribution in [0.5, 0.6) is 0 Å². The summed E-state index contributed by atoms with van der Waals surface area (Å²) in [7, 11) is 0. The highest BCUT2D eigenvalue weighted by Crippen LogP contribution is 2.29. The summed E-state index contributed by atoms with van der Waals surface area (Å²) < 4.78 is 5.81. The summed E-state index contributed by atoms with van der Waals surface area (Å²) in [6.45, 7) is 5.04. The summed E-state index contributed by atoms with van der Waals surface area (Å²) in [4.78, 5) is 0. The molecule has 2 aromatic rings. The highest BCUT2D eigenvalue weighted by atomic mass is 35.5.